The third-order valence-corrected chi connectivity index (χ3v) is 23.6. The topological polar surface area (TPSA) is 155 Å². The zero-order chi connectivity index (χ0) is 78.9. The summed E-state index contributed by atoms with van der Waals surface area (Å²) in [4.78, 5) is 59.1. The summed E-state index contributed by atoms with van der Waals surface area (Å²) in [6.45, 7) is 0. The summed E-state index contributed by atoms with van der Waals surface area (Å²) in [5.74, 6) is 0. The Hall–Kier alpha value is -16.4. The largest absolute Gasteiger partial charge is 0.254 e. The van der Waals surface area contributed by atoms with Crippen molar-refractivity contribution in [2.75, 3.05) is 0 Å². The van der Waals surface area contributed by atoms with Crippen LogP contribution < -0.4 is 0 Å². The molecule has 0 amide bonds. The summed E-state index contributed by atoms with van der Waals surface area (Å²) in [7, 11) is 0. The smallest absolute Gasteiger partial charge is 0.0972 e. The average molecular weight is 1530 g/mol. The van der Waals surface area contributed by atoms with Crippen molar-refractivity contribution in [1.29, 1.82) is 0 Å². The van der Waals surface area contributed by atoms with Crippen molar-refractivity contribution >= 4 is 163 Å². The Bertz CT molecular complexity index is 8610. The van der Waals surface area contributed by atoms with Crippen LogP contribution in [0.2, 0.25) is 0 Å². The lowest BCUT2D eigenvalue weighted by molar-refractivity contribution is 1.36. The van der Waals surface area contributed by atoms with E-state index in [9.17, 15) is 0 Å². The molecule has 25 aromatic rings. The number of hydrogen-bond donors (Lipinski definition) is 0. The number of rotatable bonds is 8. The summed E-state index contributed by atoms with van der Waals surface area (Å²) in [5, 5.41) is 19.7. The lowest BCUT2D eigenvalue weighted by atomic mass is 9.88. The van der Waals surface area contributed by atoms with E-state index in [2.05, 4.69) is 323 Å². The van der Waals surface area contributed by atoms with Crippen LogP contribution >= 0.6 is 0 Å². The first-order chi connectivity index (χ1) is 59.4. The second-order valence-corrected chi connectivity index (χ2v) is 30.6. The Labute approximate surface area is 685 Å². The molecule has 0 fully saturated rings. The summed E-state index contributed by atoms with van der Waals surface area (Å²) >= 11 is 0. The van der Waals surface area contributed by atoms with E-state index in [0.29, 0.717) is 0 Å². The quantitative estimate of drug-likeness (QED) is 0.105. The fourth-order valence-corrected chi connectivity index (χ4v) is 17.8. The van der Waals surface area contributed by atoms with E-state index in [1.54, 1.807) is 0 Å². The maximum atomic E-state index is 5.34. The molecule has 25 rings (SSSR count). The second-order valence-electron chi connectivity index (χ2n) is 30.6. The first-order valence-electron chi connectivity index (χ1n) is 40.1. The summed E-state index contributed by atoms with van der Waals surface area (Å²) in [6, 6.07) is 119. The molecule has 554 valence electrons. The van der Waals surface area contributed by atoms with E-state index in [0.717, 1.165) is 253 Å². The van der Waals surface area contributed by atoms with Crippen molar-refractivity contribution in [3.8, 4) is 89.8 Å². The zero-order valence-corrected chi connectivity index (χ0v) is 64.2. The zero-order valence-electron chi connectivity index (χ0n) is 64.2. The van der Waals surface area contributed by atoms with Crippen LogP contribution in [-0.4, -0.2) is 59.8 Å². The highest BCUT2D eigenvalue weighted by Crippen LogP contribution is 2.45. The van der Waals surface area contributed by atoms with Gasteiger partial charge in [-0.2, -0.15) is 0 Å². The SMILES string of the molecule is c1cnc2c(c1)ccc1ccc(-c3c4ccccc4c(-c4ccc5cc(-c6ccc7nc(-c8cc9cccnc9c9ncccc89)ccc7c6)ccc5n4)c4ccccc34)nc12.c1cnc2c(c1)ccc1ccc(-c3ccc4cc(-c5ccc6cc(-c7ccc8nc(-c9cc%10cccnc%10c%10ncccc9%10)ccc8c7)ccc6n5)ccc4c3)nc12. The fourth-order valence-electron chi connectivity index (χ4n) is 17.8. The number of pyridine rings is 12. The molecule has 0 N–H and O–H groups in total. The van der Waals surface area contributed by atoms with Crippen molar-refractivity contribution in [2.24, 2.45) is 0 Å². The molecule has 0 saturated carbocycles. The van der Waals surface area contributed by atoms with E-state index in [1.165, 1.54) is 0 Å². The number of nitrogens with zero attached hydrogens (tertiary/aromatic N) is 12. The number of aromatic nitrogens is 12. The molecule has 13 aromatic carbocycles. The standard InChI is InChI=1S/C56H32N6.C52H30N6/c1-3-12-42-40(10-1)51(41-11-2-4-13-43(41)52(42)50-25-17-34-16-15-33-8-5-27-57-53(33)55(34)62-50)49-26-21-38-31-36(19-23-47(38)61-49)35-18-22-46-37(30-35)20-24-48(60-46)45-32-39-9-6-28-58-54(39)56-44(45)14-7-29-59-56;1-4-31-7-8-32-13-18-47(58-51(32)49(31)53-23-1)38-12-10-33-26-37(11-9-34(33)27-38)45-21-16-39-28-35(14-19-44(39)56-45)36-15-20-46-40(29-36)17-22-48(57-46)43-30-41-5-2-24-54-50(41)52-42(43)6-3-25-55-52/h1-32H;1-30H. The van der Waals surface area contributed by atoms with Crippen LogP contribution in [0.5, 0.6) is 0 Å². The van der Waals surface area contributed by atoms with Gasteiger partial charge in [0.05, 0.1) is 100 Å². The van der Waals surface area contributed by atoms with Gasteiger partial charge in [-0.05, 0) is 200 Å². The number of fused-ring (bicyclic) bond motifs is 19. The van der Waals surface area contributed by atoms with Gasteiger partial charge in [-0.3, -0.25) is 29.9 Å². The Morgan fingerprint density at radius 3 is 0.808 bits per heavy atom. The highest BCUT2D eigenvalue weighted by Gasteiger charge is 2.22. The number of hydrogen-bond acceptors (Lipinski definition) is 12. The lowest BCUT2D eigenvalue weighted by Gasteiger charge is -2.17. The summed E-state index contributed by atoms with van der Waals surface area (Å²) in [5.41, 5.74) is 27.6. The van der Waals surface area contributed by atoms with Gasteiger partial charge in [-0.1, -0.05) is 194 Å². The fraction of sp³-hybridized carbons (Fsp3) is 0. The van der Waals surface area contributed by atoms with Gasteiger partial charge in [0.25, 0.3) is 0 Å². The predicted octanol–water partition coefficient (Wildman–Crippen LogP) is 26.7. The molecular weight excluding hydrogens is 1470 g/mol. The summed E-state index contributed by atoms with van der Waals surface area (Å²) < 4.78 is 0. The van der Waals surface area contributed by atoms with Gasteiger partial charge >= 0.3 is 0 Å². The molecule has 12 nitrogen and oxygen atoms in total. The Balaban J connectivity index is 0.000000137. The normalized spacial score (nSPS) is 11.8. The van der Waals surface area contributed by atoms with Gasteiger partial charge in [-0.15, -0.1) is 0 Å². The Morgan fingerprint density at radius 2 is 0.400 bits per heavy atom. The van der Waals surface area contributed by atoms with Crippen molar-refractivity contribution < 1.29 is 0 Å². The van der Waals surface area contributed by atoms with Crippen molar-refractivity contribution in [2.45, 2.75) is 0 Å². The third kappa shape index (κ3) is 11.6. The minimum atomic E-state index is 0.886. The molecule has 0 unspecified atom stereocenters. The van der Waals surface area contributed by atoms with Crippen LogP contribution in [0.15, 0.2) is 377 Å². The molecule has 0 bridgehead atoms. The van der Waals surface area contributed by atoms with Gasteiger partial charge in [0.15, 0.2) is 0 Å². The second kappa shape index (κ2) is 27.7. The van der Waals surface area contributed by atoms with Gasteiger partial charge in [0.1, 0.15) is 0 Å². The molecule has 0 saturated heterocycles. The van der Waals surface area contributed by atoms with Crippen LogP contribution in [-0.2, 0) is 0 Å². The molecule has 12 heteroatoms. The van der Waals surface area contributed by atoms with Crippen molar-refractivity contribution in [3.05, 3.63) is 377 Å². The predicted molar refractivity (Wildman–Crippen MR) is 493 cm³/mol. The van der Waals surface area contributed by atoms with Crippen LogP contribution in [0, 0.1) is 0 Å². The maximum absolute atomic E-state index is 5.34. The van der Waals surface area contributed by atoms with Crippen LogP contribution in [0.25, 0.3) is 253 Å². The first-order valence-corrected chi connectivity index (χ1v) is 40.1. The average Bonchev–Trinajstić information content (AvgIpc) is 0.636. The van der Waals surface area contributed by atoms with Crippen LogP contribution in [0.1, 0.15) is 0 Å². The highest BCUT2D eigenvalue weighted by molar-refractivity contribution is 6.22. The Morgan fingerprint density at radius 1 is 0.142 bits per heavy atom. The molecule has 12 aromatic heterocycles. The highest BCUT2D eigenvalue weighted by atomic mass is 14.8. The molecule has 0 aliphatic carbocycles. The minimum Gasteiger partial charge on any atom is -0.254 e. The third-order valence-electron chi connectivity index (χ3n) is 23.6. The molecule has 12 heterocycles. The molecule has 0 aliphatic heterocycles. The Kier molecular flexibility index (Phi) is 15.7. The van der Waals surface area contributed by atoms with Crippen LogP contribution in [0.3, 0.4) is 0 Å². The van der Waals surface area contributed by atoms with Crippen LogP contribution in [0.4, 0.5) is 0 Å². The molecule has 120 heavy (non-hydrogen) atoms. The van der Waals surface area contributed by atoms with E-state index in [1.807, 2.05) is 73.6 Å². The van der Waals surface area contributed by atoms with Gasteiger partial charge in [0.2, 0.25) is 0 Å². The monoisotopic (exact) mass is 1530 g/mol. The van der Waals surface area contributed by atoms with E-state index >= 15 is 0 Å². The maximum Gasteiger partial charge on any atom is 0.0972 e. The lowest BCUT2D eigenvalue weighted by Crippen LogP contribution is -1.95. The molecular formula is C108H62N12. The van der Waals surface area contributed by atoms with E-state index < -0.39 is 0 Å². The molecule has 0 atom stereocenters. The molecule has 0 spiro atoms. The van der Waals surface area contributed by atoms with E-state index in [4.69, 9.17) is 39.9 Å². The molecule has 0 radical (unpaired) electrons. The van der Waals surface area contributed by atoms with E-state index in [-0.39, 0.29) is 0 Å². The molecule has 0 aliphatic rings. The van der Waals surface area contributed by atoms with Crippen molar-refractivity contribution in [1.82, 2.24) is 59.8 Å². The van der Waals surface area contributed by atoms with Gasteiger partial charge < -0.3 is 0 Å². The van der Waals surface area contributed by atoms with Crippen molar-refractivity contribution in [3.63, 3.8) is 0 Å². The van der Waals surface area contributed by atoms with Gasteiger partial charge in [0, 0.05) is 135 Å². The van der Waals surface area contributed by atoms with Gasteiger partial charge in [-0.25, -0.2) is 29.9 Å². The summed E-state index contributed by atoms with van der Waals surface area (Å²) in [6.07, 6.45) is 11.0. The first kappa shape index (κ1) is 68.0. The number of benzene rings is 13. The minimum absolute atomic E-state index is 0.886.